The van der Waals surface area contributed by atoms with Crippen LogP contribution in [0.15, 0.2) is 0 Å². The van der Waals surface area contributed by atoms with E-state index in [0.717, 1.165) is 0 Å². The van der Waals surface area contributed by atoms with Gasteiger partial charge in [0.15, 0.2) is 6.10 Å². The van der Waals surface area contributed by atoms with Crippen molar-refractivity contribution in [1.82, 2.24) is 0 Å². The van der Waals surface area contributed by atoms with E-state index in [2.05, 4.69) is 4.74 Å². The standard InChI is InChI=1S/C7H12O7/c8-1-2-3(9)4(10)5(11)6(14-2)7(12)13/h2-6,8-11H,1H2,(H,12,13)/t2-,3-,4+,5-,6-/m0/s1. The van der Waals surface area contributed by atoms with Crippen molar-refractivity contribution in [2.45, 2.75) is 30.5 Å². The minimum absolute atomic E-state index is 0.630. The maximum atomic E-state index is 10.5. The molecule has 0 bridgehead atoms. The van der Waals surface area contributed by atoms with Crippen LogP contribution in [-0.2, 0) is 9.53 Å². The second-order valence-electron chi connectivity index (χ2n) is 3.09. The Morgan fingerprint density at radius 1 is 1.14 bits per heavy atom. The second-order valence-corrected chi connectivity index (χ2v) is 3.09. The van der Waals surface area contributed by atoms with Crippen LogP contribution in [0.25, 0.3) is 0 Å². The molecule has 7 nitrogen and oxygen atoms in total. The molecule has 1 heterocycles. The average Bonchev–Trinajstić information content (AvgIpc) is 2.14. The van der Waals surface area contributed by atoms with Crippen LogP contribution in [0.5, 0.6) is 0 Å². The zero-order valence-electron chi connectivity index (χ0n) is 7.15. The zero-order valence-corrected chi connectivity index (χ0v) is 7.15. The van der Waals surface area contributed by atoms with E-state index in [4.69, 9.17) is 10.2 Å². The topological polar surface area (TPSA) is 127 Å². The average molecular weight is 208 g/mol. The molecular formula is C7H12O7. The number of ether oxygens (including phenoxy) is 1. The monoisotopic (exact) mass is 208 g/mol. The Hall–Kier alpha value is -0.730. The maximum absolute atomic E-state index is 10.5. The molecular weight excluding hydrogens is 196 g/mol. The van der Waals surface area contributed by atoms with E-state index in [1.54, 1.807) is 0 Å². The highest BCUT2D eigenvalue weighted by molar-refractivity contribution is 5.73. The summed E-state index contributed by atoms with van der Waals surface area (Å²) in [4.78, 5) is 10.5. The van der Waals surface area contributed by atoms with Crippen LogP contribution in [0, 0.1) is 0 Å². The lowest BCUT2D eigenvalue weighted by Crippen LogP contribution is -2.60. The highest BCUT2D eigenvalue weighted by atomic mass is 16.6. The first-order chi connectivity index (χ1) is 6.49. The SMILES string of the molecule is O=C(O)[C@H]1O[C@@H](CO)[C@H](O)[C@@H](O)[C@@H]1O. The van der Waals surface area contributed by atoms with E-state index in [-0.39, 0.29) is 0 Å². The van der Waals surface area contributed by atoms with E-state index in [1.165, 1.54) is 0 Å². The molecule has 14 heavy (non-hydrogen) atoms. The van der Waals surface area contributed by atoms with Crippen LogP contribution < -0.4 is 0 Å². The molecule has 5 N–H and O–H groups in total. The molecule has 0 amide bonds. The number of hydrogen-bond acceptors (Lipinski definition) is 6. The lowest BCUT2D eigenvalue weighted by atomic mass is 9.95. The minimum Gasteiger partial charge on any atom is -0.479 e. The van der Waals surface area contributed by atoms with E-state index < -0.39 is 43.1 Å². The van der Waals surface area contributed by atoms with Gasteiger partial charge in [-0.2, -0.15) is 0 Å². The fraction of sp³-hybridized carbons (Fsp3) is 0.857. The molecule has 0 radical (unpaired) electrons. The number of aliphatic hydroxyl groups excluding tert-OH is 4. The zero-order chi connectivity index (χ0) is 10.9. The summed E-state index contributed by atoms with van der Waals surface area (Å²) in [6.07, 6.45) is -7.67. The lowest BCUT2D eigenvalue weighted by molar-refractivity contribution is -0.233. The van der Waals surface area contributed by atoms with Crippen molar-refractivity contribution in [2.24, 2.45) is 0 Å². The van der Waals surface area contributed by atoms with E-state index in [9.17, 15) is 20.1 Å². The maximum Gasteiger partial charge on any atom is 0.335 e. The van der Waals surface area contributed by atoms with Gasteiger partial charge in [0.25, 0.3) is 0 Å². The van der Waals surface area contributed by atoms with Crippen molar-refractivity contribution < 1.29 is 35.1 Å². The number of rotatable bonds is 2. The molecule has 1 aliphatic heterocycles. The van der Waals surface area contributed by atoms with Crippen LogP contribution in [0.2, 0.25) is 0 Å². The van der Waals surface area contributed by atoms with Crippen LogP contribution >= 0.6 is 0 Å². The third-order valence-corrected chi connectivity index (χ3v) is 2.14. The van der Waals surface area contributed by atoms with E-state index in [1.807, 2.05) is 0 Å². The predicted octanol–water partition coefficient (Wildman–Crippen LogP) is -3.09. The number of carboxylic acids is 1. The quantitative estimate of drug-likeness (QED) is 0.325. The summed E-state index contributed by atoms with van der Waals surface area (Å²) in [5.74, 6) is -1.46. The van der Waals surface area contributed by atoms with Crippen molar-refractivity contribution >= 4 is 5.97 Å². The fourth-order valence-corrected chi connectivity index (χ4v) is 1.31. The van der Waals surface area contributed by atoms with Crippen LogP contribution in [0.4, 0.5) is 0 Å². The van der Waals surface area contributed by atoms with Crippen LogP contribution in [0.3, 0.4) is 0 Å². The van der Waals surface area contributed by atoms with Gasteiger partial charge in [-0.1, -0.05) is 0 Å². The fourth-order valence-electron chi connectivity index (χ4n) is 1.31. The Balaban J connectivity index is 2.78. The van der Waals surface area contributed by atoms with Crippen molar-refractivity contribution in [3.8, 4) is 0 Å². The molecule has 1 aliphatic rings. The third kappa shape index (κ3) is 1.86. The Kier molecular flexibility index (Phi) is 3.40. The number of aliphatic hydroxyl groups is 4. The first-order valence-corrected chi connectivity index (χ1v) is 4.02. The van der Waals surface area contributed by atoms with Gasteiger partial charge in [-0.05, 0) is 0 Å². The van der Waals surface area contributed by atoms with Crippen molar-refractivity contribution in [3.63, 3.8) is 0 Å². The smallest absolute Gasteiger partial charge is 0.335 e. The Bertz CT molecular complexity index is 216. The summed E-state index contributed by atoms with van der Waals surface area (Å²) in [6, 6.07) is 0. The molecule has 5 atom stereocenters. The Morgan fingerprint density at radius 2 is 1.71 bits per heavy atom. The molecule has 0 unspecified atom stereocenters. The molecule has 0 aromatic carbocycles. The molecule has 0 spiro atoms. The summed E-state index contributed by atoms with van der Waals surface area (Å²) < 4.78 is 4.68. The molecule has 82 valence electrons. The largest absolute Gasteiger partial charge is 0.479 e. The summed E-state index contributed by atoms with van der Waals surface area (Å²) >= 11 is 0. The van der Waals surface area contributed by atoms with E-state index in [0.29, 0.717) is 0 Å². The van der Waals surface area contributed by atoms with Crippen LogP contribution in [-0.4, -0.2) is 68.6 Å². The first-order valence-electron chi connectivity index (χ1n) is 4.02. The molecule has 1 saturated heterocycles. The third-order valence-electron chi connectivity index (χ3n) is 2.14. The van der Waals surface area contributed by atoms with Gasteiger partial charge in [0.05, 0.1) is 6.61 Å². The Morgan fingerprint density at radius 3 is 2.14 bits per heavy atom. The molecule has 1 fully saturated rings. The summed E-state index contributed by atoms with van der Waals surface area (Å²) in [5.41, 5.74) is 0. The van der Waals surface area contributed by atoms with Crippen LogP contribution in [0.1, 0.15) is 0 Å². The van der Waals surface area contributed by atoms with Crippen molar-refractivity contribution in [2.75, 3.05) is 6.61 Å². The van der Waals surface area contributed by atoms with E-state index >= 15 is 0 Å². The Labute approximate surface area is 79.2 Å². The van der Waals surface area contributed by atoms with Gasteiger partial charge in [0.2, 0.25) is 0 Å². The van der Waals surface area contributed by atoms with Gasteiger partial charge in [-0.15, -0.1) is 0 Å². The highest BCUT2D eigenvalue weighted by Gasteiger charge is 2.46. The number of hydrogen-bond donors (Lipinski definition) is 5. The van der Waals surface area contributed by atoms with Gasteiger partial charge in [-0.25, -0.2) is 4.79 Å². The van der Waals surface area contributed by atoms with Gasteiger partial charge >= 0.3 is 5.97 Å². The molecule has 0 aromatic rings. The molecule has 0 aromatic heterocycles. The van der Waals surface area contributed by atoms with Gasteiger partial charge in [-0.3, -0.25) is 0 Å². The molecule has 1 rings (SSSR count). The molecule has 7 heteroatoms. The normalized spacial score (nSPS) is 43.6. The molecule has 0 aliphatic carbocycles. The second kappa shape index (κ2) is 4.20. The highest BCUT2D eigenvalue weighted by Crippen LogP contribution is 2.20. The lowest BCUT2D eigenvalue weighted by Gasteiger charge is -2.38. The minimum atomic E-state index is -1.70. The summed E-state index contributed by atoms with van der Waals surface area (Å²) in [6.45, 7) is -0.630. The number of carbonyl (C=O) groups is 1. The van der Waals surface area contributed by atoms with Gasteiger partial charge in [0.1, 0.15) is 24.4 Å². The predicted molar refractivity (Wildman–Crippen MR) is 41.4 cm³/mol. The van der Waals surface area contributed by atoms with Gasteiger partial charge in [0, 0.05) is 0 Å². The number of carboxylic acid groups (broad SMARTS) is 1. The molecule has 0 saturated carbocycles. The summed E-state index contributed by atoms with van der Waals surface area (Å²) in [7, 11) is 0. The van der Waals surface area contributed by atoms with Crippen molar-refractivity contribution in [3.05, 3.63) is 0 Å². The van der Waals surface area contributed by atoms with Gasteiger partial charge < -0.3 is 30.3 Å². The van der Waals surface area contributed by atoms with Crippen molar-refractivity contribution in [1.29, 1.82) is 0 Å². The first kappa shape index (κ1) is 11.3. The number of aliphatic carboxylic acids is 1. The summed E-state index contributed by atoms with van der Waals surface area (Å²) in [5, 5.41) is 44.9.